The van der Waals surface area contributed by atoms with Gasteiger partial charge in [0, 0.05) is 25.2 Å². The van der Waals surface area contributed by atoms with E-state index in [4.69, 9.17) is 11.6 Å². The number of aliphatic hydroxyl groups is 1. The highest BCUT2D eigenvalue weighted by Gasteiger charge is 2.39. The fourth-order valence-corrected chi connectivity index (χ4v) is 1.98. The van der Waals surface area contributed by atoms with E-state index in [9.17, 15) is 5.11 Å². The van der Waals surface area contributed by atoms with Crippen LogP contribution in [0.2, 0.25) is 0 Å². The van der Waals surface area contributed by atoms with Crippen molar-refractivity contribution in [2.45, 2.75) is 32.3 Å². The van der Waals surface area contributed by atoms with Crippen molar-refractivity contribution in [2.24, 2.45) is 0 Å². The third kappa shape index (κ3) is 2.97. The lowest BCUT2D eigenvalue weighted by molar-refractivity contribution is -0.0986. The molecule has 0 aromatic heterocycles. The van der Waals surface area contributed by atoms with Gasteiger partial charge in [-0.25, -0.2) is 0 Å². The molecule has 0 bridgehead atoms. The van der Waals surface area contributed by atoms with Gasteiger partial charge in [-0.2, -0.15) is 0 Å². The number of β-amino-alcohol motifs (C(OH)–C–C–N with tert-alkyl or cyclic N) is 1. The SMILES string of the molecule is CCCC1(O)CN(CC(C)=CCl)C1. The summed E-state index contributed by atoms with van der Waals surface area (Å²) in [5, 5.41) is 9.87. The first kappa shape index (κ1) is 11.0. The number of hydrogen-bond donors (Lipinski definition) is 1. The van der Waals surface area contributed by atoms with E-state index in [1.807, 2.05) is 6.92 Å². The minimum absolute atomic E-state index is 0.415. The van der Waals surface area contributed by atoms with E-state index in [1.54, 1.807) is 5.54 Å². The Hall–Kier alpha value is -0.0500. The first-order valence-corrected chi connectivity index (χ1v) is 5.24. The molecule has 1 aliphatic heterocycles. The van der Waals surface area contributed by atoms with Crippen molar-refractivity contribution < 1.29 is 5.11 Å². The highest BCUT2D eigenvalue weighted by molar-refractivity contribution is 6.25. The van der Waals surface area contributed by atoms with Gasteiger partial charge in [0.25, 0.3) is 0 Å². The van der Waals surface area contributed by atoms with E-state index >= 15 is 0 Å². The van der Waals surface area contributed by atoms with E-state index in [1.165, 1.54) is 0 Å². The van der Waals surface area contributed by atoms with Crippen LogP contribution in [0.3, 0.4) is 0 Å². The van der Waals surface area contributed by atoms with Gasteiger partial charge < -0.3 is 5.11 Å². The molecule has 0 spiro atoms. The molecule has 1 aliphatic rings. The summed E-state index contributed by atoms with van der Waals surface area (Å²) in [7, 11) is 0. The molecule has 0 saturated carbocycles. The zero-order valence-electron chi connectivity index (χ0n) is 8.39. The number of likely N-dealkylation sites (tertiary alicyclic amines) is 1. The van der Waals surface area contributed by atoms with Crippen LogP contribution in [0.1, 0.15) is 26.7 Å². The largest absolute Gasteiger partial charge is 0.387 e. The Kier molecular flexibility index (Phi) is 3.77. The van der Waals surface area contributed by atoms with Crippen LogP contribution in [-0.4, -0.2) is 35.2 Å². The number of nitrogens with zero attached hydrogens (tertiary/aromatic N) is 1. The minimum Gasteiger partial charge on any atom is -0.387 e. The summed E-state index contributed by atoms with van der Waals surface area (Å²) >= 11 is 5.56. The fraction of sp³-hybridized carbons (Fsp3) is 0.800. The maximum absolute atomic E-state index is 9.87. The van der Waals surface area contributed by atoms with Crippen molar-refractivity contribution in [3.63, 3.8) is 0 Å². The smallest absolute Gasteiger partial charge is 0.0900 e. The lowest BCUT2D eigenvalue weighted by Crippen LogP contribution is -2.61. The quantitative estimate of drug-likeness (QED) is 0.756. The second-order valence-corrected chi connectivity index (χ2v) is 4.29. The fourth-order valence-electron chi connectivity index (χ4n) is 1.91. The van der Waals surface area contributed by atoms with Crippen LogP contribution in [0, 0.1) is 0 Å². The van der Waals surface area contributed by atoms with Crippen molar-refractivity contribution in [3.05, 3.63) is 11.1 Å². The average Bonchev–Trinajstić information content (AvgIpc) is 2.02. The summed E-state index contributed by atoms with van der Waals surface area (Å²) in [6, 6.07) is 0. The maximum atomic E-state index is 9.87. The molecule has 13 heavy (non-hydrogen) atoms. The molecule has 0 unspecified atom stereocenters. The van der Waals surface area contributed by atoms with Gasteiger partial charge in [-0.05, 0) is 18.9 Å². The first-order chi connectivity index (χ1) is 6.09. The van der Waals surface area contributed by atoms with Crippen molar-refractivity contribution in [2.75, 3.05) is 19.6 Å². The van der Waals surface area contributed by atoms with Gasteiger partial charge >= 0.3 is 0 Å². The van der Waals surface area contributed by atoms with Gasteiger partial charge in [0.15, 0.2) is 0 Å². The van der Waals surface area contributed by atoms with Crippen molar-refractivity contribution in [1.29, 1.82) is 0 Å². The van der Waals surface area contributed by atoms with Crippen LogP contribution in [0.15, 0.2) is 11.1 Å². The van der Waals surface area contributed by atoms with E-state index in [0.717, 1.165) is 38.0 Å². The van der Waals surface area contributed by atoms with Gasteiger partial charge in [0.2, 0.25) is 0 Å². The van der Waals surface area contributed by atoms with Crippen LogP contribution < -0.4 is 0 Å². The Morgan fingerprint density at radius 2 is 2.23 bits per heavy atom. The van der Waals surface area contributed by atoms with Crippen LogP contribution in [0.5, 0.6) is 0 Å². The zero-order valence-corrected chi connectivity index (χ0v) is 9.14. The van der Waals surface area contributed by atoms with Crippen LogP contribution in [0.4, 0.5) is 0 Å². The standard InChI is InChI=1S/C10H18ClNO/c1-3-4-10(13)7-12(8-10)6-9(2)5-11/h5,13H,3-4,6-8H2,1-2H3. The number of hydrogen-bond acceptors (Lipinski definition) is 2. The normalized spacial score (nSPS) is 22.9. The Labute approximate surface area is 85.2 Å². The summed E-state index contributed by atoms with van der Waals surface area (Å²) in [6.45, 7) is 6.58. The molecular formula is C10H18ClNO. The molecule has 0 aliphatic carbocycles. The average molecular weight is 204 g/mol. The van der Waals surface area contributed by atoms with E-state index < -0.39 is 5.60 Å². The third-order valence-corrected chi connectivity index (χ3v) is 2.78. The summed E-state index contributed by atoms with van der Waals surface area (Å²) in [5.41, 5.74) is 2.35. The topological polar surface area (TPSA) is 23.5 Å². The molecule has 3 heteroatoms. The Morgan fingerprint density at radius 3 is 2.69 bits per heavy atom. The van der Waals surface area contributed by atoms with Crippen LogP contribution >= 0.6 is 11.6 Å². The monoisotopic (exact) mass is 203 g/mol. The van der Waals surface area contributed by atoms with Crippen LogP contribution in [-0.2, 0) is 0 Å². The first-order valence-electron chi connectivity index (χ1n) is 4.80. The summed E-state index contributed by atoms with van der Waals surface area (Å²) in [4.78, 5) is 2.21. The molecule has 1 rings (SSSR count). The zero-order chi connectivity index (χ0) is 9.90. The summed E-state index contributed by atoms with van der Waals surface area (Å²) in [6.07, 6.45) is 1.96. The Balaban J connectivity index is 2.25. The molecule has 76 valence electrons. The second kappa shape index (κ2) is 4.45. The van der Waals surface area contributed by atoms with Gasteiger partial charge in [0.05, 0.1) is 5.60 Å². The Morgan fingerprint density at radius 1 is 1.62 bits per heavy atom. The summed E-state index contributed by atoms with van der Waals surface area (Å²) < 4.78 is 0. The molecule has 1 fully saturated rings. The molecule has 0 radical (unpaired) electrons. The van der Waals surface area contributed by atoms with E-state index in [-0.39, 0.29) is 0 Å². The third-order valence-electron chi connectivity index (χ3n) is 2.41. The molecule has 2 nitrogen and oxygen atoms in total. The molecule has 1 N–H and O–H groups in total. The predicted octanol–water partition coefficient (Wildman–Crippen LogP) is 1.98. The molecule has 0 amide bonds. The summed E-state index contributed by atoms with van der Waals surface area (Å²) in [5.74, 6) is 0. The van der Waals surface area contributed by atoms with Crippen molar-refractivity contribution in [3.8, 4) is 0 Å². The van der Waals surface area contributed by atoms with Crippen molar-refractivity contribution in [1.82, 2.24) is 4.90 Å². The van der Waals surface area contributed by atoms with E-state index in [0.29, 0.717) is 0 Å². The maximum Gasteiger partial charge on any atom is 0.0900 e. The lowest BCUT2D eigenvalue weighted by Gasteiger charge is -2.46. The minimum atomic E-state index is -0.415. The van der Waals surface area contributed by atoms with Crippen molar-refractivity contribution >= 4 is 11.6 Å². The molecule has 1 heterocycles. The van der Waals surface area contributed by atoms with E-state index in [2.05, 4.69) is 11.8 Å². The number of rotatable bonds is 4. The Bertz CT molecular complexity index is 197. The number of halogens is 1. The molecular weight excluding hydrogens is 186 g/mol. The molecule has 0 atom stereocenters. The van der Waals surface area contributed by atoms with Gasteiger partial charge in [0.1, 0.15) is 0 Å². The highest BCUT2D eigenvalue weighted by Crippen LogP contribution is 2.26. The predicted molar refractivity (Wildman–Crippen MR) is 55.9 cm³/mol. The lowest BCUT2D eigenvalue weighted by atomic mass is 9.89. The molecule has 0 aromatic carbocycles. The highest BCUT2D eigenvalue weighted by atomic mass is 35.5. The van der Waals surface area contributed by atoms with Gasteiger partial charge in [-0.1, -0.05) is 24.9 Å². The molecule has 1 saturated heterocycles. The van der Waals surface area contributed by atoms with Gasteiger partial charge in [-0.15, -0.1) is 0 Å². The second-order valence-electron chi connectivity index (χ2n) is 4.07. The van der Waals surface area contributed by atoms with Crippen LogP contribution in [0.25, 0.3) is 0 Å². The van der Waals surface area contributed by atoms with Gasteiger partial charge in [-0.3, -0.25) is 4.90 Å². The molecule has 0 aromatic rings.